The maximum absolute atomic E-state index is 13.2. The molecule has 200 valence electrons. The molecule has 8 nitrogen and oxygen atoms in total. The molecule has 2 N–H and O–H groups in total. The van der Waals surface area contributed by atoms with Crippen LogP contribution in [0.1, 0.15) is 62.1 Å². The minimum atomic E-state index is -1.08. The molecular weight excluding hydrogens is 484 g/mol. The number of carbonyl (C=O) groups is 1. The Kier molecular flexibility index (Phi) is 7.54. The zero-order chi connectivity index (χ0) is 26.2. The minimum Gasteiger partial charge on any atom is -0.331 e. The lowest BCUT2D eigenvalue weighted by Gasteiger charge is -2.34. The largest absolute Gasteiger partial charge is 0.331 e. The van der Waals surface area contributed by atoms with Crippen LogP contribution < -0.4 is 10.2 Å². The lowest BCUT2D eigenvalue weighted by Crippen LogP contribution is -2.49. The van der Waals surface area contributed by atoms with Gasteiger partial charge in [-0.1, -0.05) is 19.8 Å². The van der Waals surface area contributed by atoms with Crippen molar-refractivity contribution in [3.63, 3.8) is 0 Å². The van der Waals surface area contributed by atoms with Crippen LogP contribution in [0.15, 0.2) is 29.5 Å². The topological polar surface area (TPSA) is 93.7 Å². The minimum absolute atomic E-state index is 0.0532. The molecule has 9 heteroatoms. The Balaban J connectivity index is 1.17. The van der Waals surface area contributed by atoms with E-state index in [1.54, 1.807) is 6.20 Å². The highest BCUT2D eigenvalue weighted by Crippen LogP contribution is 2.36. The standard InChI is InChI=1S/C28H40N6O2S/c1-19-5-7-22(8-6-19)25-31-26(35)28(32-25)10-14-34(15-11-28)37(36)16-9-24-20(2)17-23(18-21(24)3)33(4)27-29-12-13-30-27/h12-13,17-19,22H,5-11,14-16H2,1-4H3,(H,29,30)(H,31,32,35). The van der Waals surface area contributed by atoms with Gasteiger partial charge in [-0.05, 0) is 80.7 Å². The van der Waals surface area contributed by atoms with Crippen LogP contribution in [0.2, 0.25) is 0 Å². The number of carbonyl (C=O) groups excluding carboxylic acids is 1. The van der Waals surface area contributed by atoms with Crippen LogP contribution in [0.25, 0.3) is 0 Å². The van der Waals surface area contributed by atoms with Crippen molar-refractivity contribution in [3.8, 4) is 0 Å². The van der Waals surface area contributed by atoms with E-state index in [-0.39, 0.29) is 5.91 Å². The first-order valence-corrected chi connectivity index (χ1v) is 14.9. The van der Waals surface area contributed by atoms with Gasteiger partial charge in [0.2, 0.25) is 5.95 Å². The monoisotopic (exact) mass is 524 g/mol. The van der Waals surface area contributed by atoms with Gasteiger partial charge in [-0.15, -0.1) is 0 Å². The summed E-state index contributed by atoms with van der Waals surface area (Å²) in [5, 5.41) is 3.13. The van der Waals surface area contributed by atoms with E-state index in [0.717, 1.165) is 42.7 Å². The Morgan fingerprint density at radius 2 is 1.81 bits per heavy atom. The number of piperidine rings is 1. The number of imidazole rings is 1. The number of anilines is 2. The highest BCUT2D eigenvalue weighted by molar-refractivity contribution is 7.82. The van der Waals surface area contributed by atoms with Gasteiger partial charge in [0.25, 0.3) is 5.91 Å². The van der Waals surface area contributed by atoms with Gasteiger partial charge in [0, 0.05) is 49.9 Å². The number of rotatable bonds is 7. The van der Waals surface area contributed by atoms with Crippen molar-refractivity contribution in [1.82, 2.24) is 19.6 Å². The Bertz CT molecular complexity index is 1150. The predicted octanol–water partition coefficient (Wildman–Crippen LogP) is 4.19. The van der Waals surface area contributed by atoms with Crippen LogP contribution in [-0.2, 0) is 22.2 Å². The van der Waals surface area contributed by atoms with E-state index in [9.17, 15) is 9.00 Å². The van der Waals surface area contributed by atoms with Gasteiger partial charge in [-0.3, -0.25) is 9.79 Å². The Labute approximate surface area is 222 Å². The third-order valence-electron chi connectivity index (χ3n) is 8.64. The molecule has 0 bridgehead atoms. The van der Waals surface area contributed by atoms with Crippen LogP contribution in [-0.4, -0.2) is 61.7 Å². The first-order valence-electron chi connectivity index (χ1n) is 13.6. The number of nitrogens with zero attached hydrogens (tertiary/aromatic N) is 4. The Morgan fingerprint density at radius 3 is 2.43 bits per heavy atom. The van der Waals surface area contributed by atoms with Crippen LogP contribution >= 0.6 is 0 Å². The van der Waals surface area contributed by atoms with E-state index in [1.165, 1.54) is 29.5 Å². The number of aryl methyl sites for hydroxylation is 2. The van der Waals surface area contributed by atoms with Gasteiger partial charge in [0.1, 0.15) is 11.4 Å². The number of amidine groups is 1. The molecule has 1 unspecified atom stereocenters. The van der Waals surface area contributed by atoms with Gasteiger partial charge in [0.05, 0.1) is 11.0 Å². The van der Waals surface area contributed by atoms with Crippen molar-refractivity contribution in [2.75, 3.05) is 30.8 Å². The SMILES string of the molecule is Cc1cc(N(C)c2ncc[nH]2)cc(C)c1CCS(=O)N1CCC2(CC1)N=C(C1CCC(C)CC1)NC2=O. The number of nitrogens with one attached hydrogen (secondary N) is 2. The van der Waals surface area contributed by atoms with Gasteiger partial charge < -0.3 is 15.2 Å². The third kappa shape index (κ3) is 5.39. The molecule has 1 aromatic carbocycles. The Hall–Kier alpha value is -2.52. The maximum Gasteiger partial charge on any atom is 0.253 e. The first-order chi connectivity index (χ1) is 17.8. The summed E-state index contributed by atoms with van der Waals surface area (Å²) >= 11 is 0. The van der Waals surface area contributed by atoms with Gasteiger partial charge in [0.15, 0.2) is 0 Å². The lowest BCUT2D eigenvalue weighted by atomic mass is 9.82. The fourth-order valence-electron chi connectivity index (χ4n) is 6.11. The van der Waals surface area contributed by atoms with Crippen molar-refractivity contribution in [2.24, 2.45) is 16.8 Å². The fraction of sp³-hybridized carbons (Fsp3) is 0.607. The van der Waals surface area contributed by atoms with Crippen molar-refractivity contribution in [2.45, 2.75) is 71.3 Å². The van der Waals surface area contributed by atoms with Crippen molar-refractivity contribution in [1.29, 1.82) is 0 Å². The highest BCUT2D eigenvalue weighted by Gasteiger charge is 2.47. The second-order valence-corrected chi connectivity index (χ2v) is 12.7. The molecule has 1 aromatic heterocycles. The molecule has 2 fully saturated rings. The molecule has 2 aromatic rings. The van der Waals surface area contributed by atoms with E-state index in [4.69, 9.17) is 4.99 Å². The molecule has 3 aliphatic rings. The smallest absolute Gasteiger partial charge is 0.253 e. The highest BCUT2D eigenvalue weighted by atomic mass is 32.2. The number of hydrogen-bond donors (Lipinski definition) is 2. The molecule has 1 spiro atoms. The number of H-pyrrole nitrogens is 1. The predicted molar refractivity (Wildman–Crippen MR) is 150 cm³/mol. The van der Waals surface area contributed by atoms with E-state index in [1.807, 2.05) is 22.4 Å². The van der Waals surface area contributed by atoms with Crippen LogP contribution in [0.3, 0.4) is 0 Å². The second kappa shape index (κ2) is 10.7. The average molecular weight is 525 g/mol. The molecule has 1 saturated carbocycles. The zero-order valence-corrected chi connectivity index (χ0v) is 23.4. The quantitative estimate of drug-likeness (QED) is 0.568. The number of aromatic amines is 1. The molecule has 1 aliphatic carbocycles. The van der Waals surface area contributed by atoms with Crippen LogP contribution in [0.4, 0.5) is 11.6 Å². The molecule has 3 heterocycles. The molecular formula is C28H40N6O2S. The second-order valence-electron chi connectivity index (χ2n) is 11.2. The van der Waals surface area contributed by atoms with Crippen molar-refractivity contribution in [3.05, 3.63) is 41.2 Å². The number of aliphatic imine (C=N–C) groups is 1. The van der Waals surface area contributed by atoms with E-state index in [0.29, 0.717) is 37.6 Å². The molecule has 5 rings (SSSR count). The van der Waals surface area contributed by atoms with Gasteiger partial charge in [-0.2, -0.15) is 0 Å². The number of hydrogen-bond acceptors (Lipinski definition) is 5. The summed E-state index contributed by atoms with van der Waals surface area (Å²) in [6, 6.07) is 4.33. The zero-order valence-electron chi connectivity index (χ0n) is 22.5. The molecule has 37 heavy (non-hydrogen) atoms. The number of aromatic nitrogens is 2. The molecule has 1 amide bonds. The van der Waals surface area contributed by atoms with Crippen molar-refractivity contribution < 1.29 is 9.00 Å². The van der Waals surface area contributed by atoms with Gasteiger partial charge in [-0.25, -0.2) is 13.5 Å². The summed E-state index contributed by atoms with van der Waals surface area (Å²) in [4.78, 5) is 27.4. The fourth-order valence-corrected chi connectivity index (χ4v) is 7.33. The first kappa shape index (κ1) is 26.1. The summed E-state index contributed by atoms with van der Waals surface area (Å²) in [7, 11) is 0.919. The van der Waals surface area contributed by atoms with E-state index >= 15 is 0 Å². The van der Waals surface area contributed by atoms with Crippen LogP contribution in [0.5, 0.6) is 0 Å². The molecule has 2 aliphatic heterocycles. The average Bonchev–Trinajstić information content (AvgIpc) is 3.53. The normalized spacial score (nSPS) is 24.6. The summed E-state index contributed by atoms with van der Waals surface area (Å²) in [5.41, 5.74) is 4.08. The summed E-state index contributed by atoms with van der Waals surface area (Å²) in [5.74, 6) is 3.52. The molecule has 1 atom stereocenters. The van der Waals surface area contributed by atoms with Gasteiger partial charge >= 0.3 is 0 Å². The summed E-state index contributed by atoms with van der Waals surface area (Å²) in [6.07, 6.45) is 10.3. The summed E-state index contributed by atoms with van der Waals surface area (Å²) in [6.45, 7) is 7.83. The van der Waals surface area contributed by atoms with Crippen LogP contribution in [0, 0.1) is 25.7 Å². The molecule has 0 radical (unpaired) electrons. The molecule has 1 saturated heterocycles. The van der Waals surface area contributed by atoms with E-state index < -0.39 is 16.5 Å². The number of benzene rings is 1. The lowest BCUT2D eigenvalue weighted by molar-refractivity contribution is -0.124. The van der Waals surface area contributed by atoms with E-state index in [2.05, 4.69) is 48.2 Å². The van der Waals surface area contributed by atoms with Crippen molar-refractivity contribution >= 4 is 34.4 Å². The Morgan fingerprint density at radius 1 is 1.14 bits per heavy atom. The number of amides is 1. The maximum atomic E-state index is 13.2. The third-order valence-corrected chi connectivity index (χ3v) is 10.1. The summed E-state index contributed by atoms with van der Waals surface area (Å²) < 4.78 is 15.3.